The van der Waals surface area contributed by atoms with E-state index in [2.05, 4.69) is 0 Å². The van der Waals surface area contributed by atoms with E-state index in [1.165, 1.54) is 6.08 Å². The molecule has 0 heterocycles. The summed E-state index contributed by atoms with van der Waals surface area (Å²) in [5, 5.41) is 20.8. The molecule has 1 aromatic rings. The minimum Gasteiger partial charge on any atom is -0.327 e. The highest BCUT2D eigenvalue weighted by Gasteiger charge is 2.37. The average molecular weight is 278 g/mol. The van der Waals surface area contributed by atoms with Crippen molar-refractivity contribution in [1.82, 2.24) is 0 Å². The Morgan fingerprint density at radius 2 is 2.11 bits per heavy atom. The van der Waals surface area contributed by atoms with Crippen molar-refractivity contribution in [2.24, 2.45) is 0 Å². The first-order valence-electron chi connectivity index (χ1n) is 5.70. The second-order valence-electron chi connectivity index (χ2n) is 4.24. The Morgan fingerprint density at radius 3 is 2.63 bits per heavy atom. The molecule has 5 heteroatoms. The Balaban J connectivity index is 2.18. The molecule has 0 fully saturated rings. The minimum absolute atomic E-state index is 0.0926. The predicted molar refractivity (Wildman–Crippen MR) is 74.1 cm³/mol. The van der Waals surface area contributed by atoms with Crippen LogP contribution < -0.4 is 0 Å². The van der Waals surface area contributed by atoms with Gasteiger partial charge in [-0.15, -0.1) is 0 Å². The molecule has 2 rings (SSSR count). The lowest BCUT2D eigenvalue weighted by atomic mass is 9.99. The van der Waals surface area contributed by atoms with Crippen LogP contribution in [0.5, 0.6) is 0 Å². The van der Waals surface area contributed by atoms with Gasteiger partial charge in [-0.05, 0) is 23.3 Å². The van der Waals surface area contributed by atoms with Crippen molar-refractivity contribution in [3.63, 3.8) is 0 Å². The van der Waals surface area contributed by atoms with Crippen molar-refractivity contribution in [2.45, 2.75) is 12.1 Å². The van der Waals surface area contributed by atoms with Gasteiger partial charge in [-0.2, -0.15) is 0 Å². The predicted octanol–water partition coefficient (Wildman–Crippen LogP) is 3.12. The van der Waals surface area contributed by atoms with E-state index in [1.807, 2.05) is 30.3 Å². The van der Waals surface area contributed by atoms with Crippen LogP contribution in [0.25, 0.3) is 6.08 Å². The van der Waals surface area contributed by atoms with E-state index >= 15 is 0 Å². The highest BCUT2D eigenvalue weighted by molar-refractivity contribution is 6.34. The van der Waals surface area contributed by atoms with Crippen molar-refractivity contribution in [1.29, 1.82) is 0 Å². The van der Waals surface area contributed by atoms with Gasteiger partial charge in [-0.1, -0.05) is 48.0 Å². The van der Waals surface area contributed by atoms with Gasteiger partial charge in [0.25, 0.3) is 0 Å². The number of allylic oxidation sites excluding steroid dienone is 3. The van der Waals surface area contributed by atoms with Crippen LogP contribution in [0.3, 0.4) is 0 Å². The van der Waals surface area contributed by atoms with Crippen molar-refractivity contribution in [3.8, 4) is 0 Å². The Bertz CT molecular complexity index is 578. The molecule has 19 heavy (non-hydrogen) atoms. The Hall–Kier alpha value is -1.91. The summed E-state index contributed by atoms with van der Waals surface area (Å²) in [5.74, 6) is 0. The second kappa shape index (κ2) is 5.38. The fourth-order valence-corrected chi connectivity index (χ4v) is 1.98. The van der Waals surface area contributed by atoms with Gasteiger partial charge in [0.15, 0.2) is 0 Å². The maximum absolute atomic E-state index is 10.7. The molecule has 1 aromatic carbocycles. The molecule has 0 spiro atoms. The highest BCUT2D eigenvalue weighted by atomic mass is 35.5. The van der Waals surface area contributed by atoms with E-state index in [4.69, 9.17) is 11.6 Å². The Kier molecular flexibility index (Phi) is 3.83. The van der Waals surface area contributed by atoms with Crippen LogP contribution in [-0.2, 0) is 0 Å². The molecule has 98 valence electrons. The lowest BCUT2D eigenvalue weighted by Gasteiger charge is -2.17. The molecular formula is C14H12ClNO3. The number of hydrogen-bond acceptors (Lipinski definition) is 3. The molecule has 0 saturated heterocycles. The number of nitrogens with zero attached hydrogens (tertiary/aromatic N) is 1. The number of nitro groups is 1. The third-order valence-electron chi connectivity index (χ3n) is 2.84. The van der Waals surface area contributed by atoms with E-state index < -0.39 is 10.6 Å². The summed E-state index contributed by atoms with van der Waals surface area (Å²) in [6.45, 7) is 0. The van der Waals surface area contributed by atoms with Gasteiger partial charge in [0.2, 0.25) is 0 Å². The number of benzene rings is 1. The quantitative estimate of drug-likeness (QED) is 0.524. The van der Waals surface area contributed by atoms with Crippen LogP contribution in [-0.4, -0.2) is 15.8 Å². The van der Waals surface area contributed by atoms with Crippen LogP contribution in [0.15, 0.2) is 59.2 Å². The summed E-state index contributed by atoms with van der Waals surface area (Å²) in [5.41, 5.74) is -0.415. The molecule has 1 unspecified atom stereocenters. The monoisotopic (exact) mass is 277 g/mol. The molecule has 1 N–H and O–H groups in total. The molecule has 0 saturated carbocycles. The molecule has 0 amide bonds. The van der Waals surface area contributed by atoms with Crippen LogP contribution in [0.1, 0.15) is 12.0 Å². The molecule has 1 aliphatic carbocycles. The number of hydrogen-bond donors (Lipinski definition) is 1. The van der Waals surface area contributed by atoms with Gasteiger partial charge in [-0.3, -0.25) is 10.1 Å². The topological polar surface area (TPSA) is 63.4 Å². The first-order valence-corrected chi connectivity index (χ1v) is 6.08. The summed E-state index contributed by atoms with van der Waals surface area (Å²) in [4.78, 5) is 9.95. The van der Waals surface area contributed by atoms with Crippen molar-refractivity contribution < 1.29 is 10.0 Å². The molecule has 0 aromatic heterocycles. The van der Waals surface area contributed by atoms with Crippen LogP contribution in [0.4, 0.5) is 0 Å². The Morgan fingerprint density at radius 1 is 1.42 bits per heavy atom. The van der Waals surface area contributed by atoms with Gasteiger partial charge in [0.05, 0.1) is 11.3 Å². The van der Waals surface area contributed by atoms with Crippen LogP contribution in [0.2, 0.25) is 0 Å². The fraction of sp³-hybridized carbons (Fsp3) is 0.143. The summed E-state index contributed by atoms with van der Waals surface area (Å²) in [6.07, 6.45) is 5.86. The van der Waals surface area contributed by atoms with E-state index in [9.17, 15) is 15.2 Å². The molecule has 0 radical (unpaired) electrons. The number of halogens is 1. The van der Waals surface area contributed by atoms with E-state index in [0.717, 1.165) is 11.6 Å². The Labute approximate surface area is 115 Å². The molecule has 0 bridgehead atoms. The third-order valence-corrected chi connectivity index (χ3v) is 3.16. The molecule has 4 nitrogen and oxygen atoms in total. The number of aliphatic hydroxyl groups is 1. The largest absolute Gasteiger partial charge is 0.345 e. The van der Waals surface area contributed by atoms with Crippen molar-refractivity contribution in [3.05, 3.63) is 74.8 Å². The smallest absolute Gasteiger partial charge is 0.327 e. The summed E-state index contributed by atoms with van der Waals surface area (Å²) in [7, 11) is 0. The standard InChI is InChI=1S/C14H12ClNO3/c15-13(10-11-4-2-1-3-5-11)12-6-8-14(17,9-7-12)16(18)19/h1-8,10,17H,9H2. The van der Waals surface area contributed by atoms with Gasteiger partial charge in [0.1, 0.15) is 0 Å². The minimum atomic E-state index is -2.02. The van der Waals surface area contributed by atoms with Crippen molar-refractivity contribution in [2.75, 3.05) is 0 Å². The first-order chi connectivity index (χ1) is 9.01. The van der Waals surface area contributed by atoms with E-state index in [1.54, 1.807) is 12.2 Å². The zero-order chi connectivity index (χ0) is 13.9. The SMILES string of the molecule is O=[N+]([O-])C1(O)C=CC(C(Cl)=Cc2ccccc2)=CC1. The summed E-state index contributed by atoms with van der Waals surface area (Å²) < 4.78 is 0. The van der Waals surface area contributed by atoms with Gasteiger partial charge >= 0.3 is 5.72 Å². The maximum Gasteiger partial charge on any atom is 0.345 e. The van der Waals surface area contributed by atoms with E-state index in [-0.39, 0.29) is 6.42 Å². The zero-order valence-corrected chi connectivity index (χ0v) is 10.7. The maximum atomic E-state index is 10.7. The average Bonchev–Trinajstić information content (AvgIpc) is 2.40. The first kappa shape index (κ1) is 13.5. The van der Waals surface area contributed by atoms with Gasteiger partial charge in [-0.25, -0.2) is 0 Å². The van der Waals surface area contributed by atoms with Crippen molar-refractivity contribution >= 4 is 17.7 Å². The fourth-order valence-electron chi connectivity index (χ4n) is 1.71. The summed E-state index contributed by atoms with van der Waals surface area (Å²) in [6, 6.07) is 9.51. The normalized spacial score (nSPS) is 23.1. The zero-order valence-electron chi connectivity index (χ0n) is 9.99. The molecule has 0 aliphatic heterocycles. The molecule has 1 atom stereocenters. The third kappa shape index (κ3) is 3.10. The number of rotatable bonds is 3. The van der Waals surface area contributed by atoms with Gasteiger partial charge in [0, 0.05) is 11.1 Å². The van der Waals surface area contributed by atoms with Crippen LogP contribution >= 0.6 is 11.6 Å². The second-order valence-corrected chi connectivity index (χ2v) is 4.64. The molecule has 1 aliphatic rings. The van der Waals surface area contributed by atoms with Gasteiger partial charge < -0.3 is 5.11 Å². The highest BCUT2D eigenvalue weighted by Crippen LogP contribution is 2.28. The van der Waals surface area contributed by atoms with Crippen LogP contribution in [0, 0.1) is 10.1 Å². The summed E-state index contributed by atoms with van der Waals surface area (Å²) >= 11 is 6.16. The van der Waals surface area contributed by atoms with E-state index in [0.29, 0.717) is 10.6 Å². The lowest BCUT2D eigenvalue weighted by molar-refractivity contribution is -0.607. The lowest BCUT2D eigenvalue weighted by Crippen LogP contribution is -2.36. The molecular weight excluding hydrogens is 266 g/mol.